The van der Waals surface area contributed by atoms with Crippen LogP contribution >= 0.6 is 12.4 Å². The lowest BCUT2D eigenvalue weighted by atomic mass is 9.89. The van der Waals surface area contributed by atoms with Crippen LogP contribution in [0.4, 0.5) is 11.4 Å². The molecule has 1 aromatic rings. The number of benzene rings is 1. The van der Waals surface area contributed by atoms with E-state index >= 15 is 0 Å². The normalized spacial score (nSPS) is 27.8. The Kier molecular flexibility index (Phi) is 6.20. The van der Waals surface area contributed by atoms with Crippen LogP contribution in [-0.2, 0) is 9.59 Å². The number of anilines is 2. The van der Waals surface area contributed by atoms with E-state index in [-0.39, 0.29) is 24.2 Å². The molecule has 1 aromatic carbocycles. The molecule has 0 radical (unpaired) electrons. The molecule has 3 saturated heterocycles. The highest BCUT2D eigenvalue weighted by atomic mass is 35.5. The third-order valence-corrected chi connectivity index (χ3v) is 5.81. The van der Waals surface area contributed by atoms with E-state index in [0.29, 0.717) is 30.8 Å². The number of hydrogen-bond acceptors (Lipinski definition) is 3. The minimum atomic E-state index is 0. The van der Waals surface area contributed by atoms with E-state index in [9.17, 15) is 9.59 Å². The number of piperidine rings is 2. The topological polar surface area (TPSA) is 61.4 Å². The van der Waals surface area contributed by atoms with Gasteiger partial charge in [-0.3, -0.25) is 9.59 Å². The molecule has 0 spiro atoms. The van der Waals surface area contributed by atoms with Crippen molar-refractivity contribution in [3.05, 3.63) is 24.3 Å². The number of halogens is 1. The molecule has 2 unspecified atom stereocenters. The molecule has 3 aliphatic rings. The summed E-state index contributed by atoms with van der Waals surface area (Å²) in [6.45, 7) is 0.772. The molecule has 2 amide bonds. The average molecular weight is 378 g/mol. The number of nitrogens with one attached hydrogen (secondary N) is 2. The van der Waals surface area contributed by atoms with Crippen LogP contribution in [0.1, 0.15) is 51.4 Å². The van der Waals surface area contributed by atoms with E-state index in [1.165, 1.54) is 12.8 Å². The molecule has 26 heavy (non-hydrogen) atoms. The van der Waals surface area contributed by atoms with Crippen molar-refractivity contribution in [2.45, 2.75) is 63.5 Å². The zero-order valence-corrected chi connectivity index (χ0v) is 15.9. The number of carbonyl (C=O) groups excluding carboxylic acids is 2. The van der Waals surface area contributed by atoms with Gasteiger partial charge in [0.2, 0.25) is 11.8 Å². The smallest absolute Gasteiger partial charge is 0.226 e. The van der Waals surface area contributed by atoms with E-state index in [1.807, 2.05) is 29.2 Å². The SMILES string of the molecule is Cl.O=C(CC1CC2CCC(C1)N2)Nc1cccc(N2CCCCC2=O)c1. The first-order valence-corrected chi connectivity index (χ1v) is 9.64. The first-order valence-electron chi connectivity index (χ1n) is 9.64. The lowest BCUT2D eigenvalue weighted by Gasteiger charge is -2.29. The molecule has 4 rings (SSSR count). The molecule has 142 valence electrons. The van der Waals surface area contributed by atoms with Crippen molar-refractivity contribution in [2.75, 3.05) is 16.8 Å². The standard InChI is InChI=1S/C20H27N3O2.ClH/c24-19(12-14-10-16-7-8-17(11-14)21-16)22-15-4-3-5-18(13-15)23-9-2-1-6-20(23)25;/h3-5,13-14,16-17,21H,1-2,6-12H2,(H,22,24);1H. The Bertz CT molecular complexity index is 654. The molecular formula is C20H28ClN3O2. The average Bonchev–Trinajstić information content (AvgIpc) is 2.94. The quantitative estimate of drug-likeness (QED) is 0.844. The highest BCUT2D eigenvalue weighted by Crippen LogP contribution is 2.33. The van der Waals surface area contributed by atoms with Gasteiger partial charge in [0.15, 0.2) is 0 Å². The number of nitrogens with zero attached hydrogens (tertiary/aromatic N) is 1. The molecule has 0 saturated carbocycles. The van der Waals surface area contributed by atoms with E-state index < -0.39 is 0 Å². The zero-order chi connectivity index (χ0) is 17.2. The number of rotatable bonds is 4. The molecule has 2 bridgehead atoms. The number of fused-ring (bicyclic) bond motifs is 2. The van der Waals surface area contributed by atoms with Crippen molar-refractivity contribution >= 4 is 35.6 Å². The number of hydrogen-bond donors (Lipinski definition) is 2. The van der Waals surface area contributed by atoms with Crippen molar-refractivity contribution in [2.24, 2.45) is 5.92 Å². The van der Waals surface area contributed by atoms with Crippen LogP contribution in [0, 0.1) is 5.92 Å². The van der Waals surface area contributed by atoms with E-state index in [4.69, 9.17) is 0 Å². The summed E-state index contributed by atoms with van der Waals surface area (Å²) >= 11 is 0. The molecule has 0 aromatic heterocycles. The van der Waals surface area contributed by atoms with Gasteiger partial charge in [-0.15, -0.1) is 12.4 Å². The van der Waals surface area contributed by atoms with Crippen LogP contribution in [-0.4, -0.2) is 30.4 Å². The van der Waals surface area contributed by atoms with Gasteiger partial charge in [-0.1, -0.05) is 6.07 Å². The number of carbonyl (C=O) groups is 2. The molecule has 2 N–H and O–H groups in total. The van der Waals surface area contributed by atoms with Gasteiger partial charge in [-0.25, -0.2) is 0 Å². The second kappa shape index (κ2) is 8.40. The lowest BCUT2D eigenvalue weighted by Crippen LogP contribution is -2.39. The summed E-state index contributed by atoms with van der Waals surface area (Å²) in [6.07, 6.45) is 7.99. The van der Waals surface area contributed by atoms with E-state index in [0.717, 1.165) is 43.6 Å². The summed E-state index contributed by atoms with van der Waals surface area (Å²) < 4.78 is 0. The van der Waals surface area contributed by atoms with Gasteiger partial charge in [0.1, 0.15) is 0 Å². The Labute approximate surface area is 161 Å². The third-order valence-electron chi connectivity index (χ3n) is 5.81. The van der Waals surface area contributed by atoms with Crippen LogP contribution in [0.3, 0.4) is 0 Å². The Morgan fingerprint density at radius 3 is 2.69 bits per heavy atom. The summed E-state index contributed by atoms with van der Waals surface area (Å²) in [6, 6.07) is 8.92. The maximum atomic E-state index is 12.5. The van der Waals surface area contributed by atoms with Gasteiger partial charge < -0.3 is 15.5 Å². The Hall–Kier alpha value is -1.59. The van der Waals surface area contributed by atoms with Crippen molar-refractivity contribution < 1.29 is 9.59 Å². The molecule has 6 heteroatoms. The summed E-state index contributed by atoms with van der Waals surface area (Å²) in [4.78, 5) is 26.4. The van der Waals surface area contributed by atoms with Crippen LogP contribution < -0.4 is 15.5 Å². The summed E-state index contributed by atoms with van der Waals surface area (Å²) in [5, 5.41) is 6.66. The van der Waals surface area contributed by atoms with Crippen molar-refractivity contribution in [3.63, 3.8) is 0 Å². The third kappa shape index (κ3) is 4.38. The molecule has 3 aliphatic heterocycles. The maximum Gasteiger partial charge on any atom is 0.226 e. The van der Waals surface area contributed by atoms with E-state index in [2.05, 4.69) is 10.6 Å². The molecule has 2 atom stereocenters. The Morgan fingerprint density at radius 2 is 1.96 bits per heavy atom. The predicted molar refractivity (Wildman–Crippen MR) is 106 cm³/mol. The van der Waals surface area contributed by atoms with Crippen molar-refractivity contribution in [1.29, 1.82) is 0 Å². The van der Waals surface area contributed by atoms with Gasteiger partial charge in [0.25, 0.3) is 0 Å². The number of amides is 2. The largest absolute Gasteiger partial charge is 0.326 e. The highest BCUT2D eigenvalue weighted by Gasteiger charge is 2.34. The maximum absolute atomic E-state index is 12.5. The Balaban J connectivity index is 0.00000196. The first-order chi connectivity index (χ1) is 12.2. The zero-order valence-electron chi connectivity index (χ0n) is 15.1. The van der Waals surface area contributed by atoms with Crippen molar-refractivity contribution in [3.8, 4) is 0 Å². The van der Waals surface area contributed by atoms with Gasteiger partial charge in [0.05, 0.1) is 0 Å². The van der Waals surface area contributed by atoms with Crippen molar-refractivity contribution in [1.82, 2.24) is 5.32 Å². The Morgan fingerprint density at radius 1 is 1.19 bits per heavy atom. The fraction of sp³-hybridized carbons (Fsp3) is 0.600. The lowest BCUT2D eigenvalue weighted by molar-refractivity contribution is -0.119. The molecular weight excluding hydrogens is 350 g/mol. The molecule has 3 fully saturated rings. The molecule has 3 heterocycles. The second-order valence-corrected chi connectivity index (χ2v) is 7.78. The fourth-order valence-electron chi connectivity index (χ4n) is 4.65. The van der Waals surface area contributed by atoms with Gasteiger partial charge in [0, 0.05) is 42.8 Å². The fourth-order valence-corrected chi connectivity index (χ4v) is 4.65. The monoisotopic (exact) mass is 377 g/mol. The minimum absolute atomic E-state index is 0. The highest BCUT2D eigenvalue weighted by molar-refractivity contribution is 5.96. The van der Waals surface area contributed by atoms with Crippen LogP contribution in [0.15, 0.2) is 24.3 Å². The summed E-state index contributed by atoms with van der Waals surface area (Å²) in [7, 11) is 0. The van der Waals surface area contributed by atoms with Crippen LogP contribution in [0.25, 0.3) is 0 Å². The minimum Gasteiger partial charge on any atom is -0.326 e. The van der Waals surface area contributed by atoms with E-state index in [1.54, 1.807) is 0 Å². The summed E-state index contributed by atoms with van der Waals surface area (Å²) in [5.41, 5.74) is 1.68. The summed E-state index contributed by atoms with van der Waals surface area (Å²) in [5.74, 6) is 0.763. The molecule has 5 nitrogen and oxygen atoms in total. The van der Waals surface area contributed by atoms with Gasteiger partial charge in [-0.2, -0.15) is 0 Å². The first kappa shape index (κ1) is 19.2. The van der Waals surface area contributed by atoms with Gasteiger partial charge in [-0.05, 0) is 62.6 Å². The second-order valence-electron chi connectivity index (χ2n) is 7.78. The van der Waals surface area contributed by atoms with Gasteiger partial charge >= 0.3 is 0 Å². The molecule has 0 aliphatic carbocycles. The van der Waals surface area contributed by atoms with Crippen LogP contribution in [0.5, 0.6) is 0 Å². The predicted octanol–water partition coefficient (Wildman–Crippen LogP) is 3.48. The van der Waals surface area contributed by atoms with Crippen LogP contribution in [0.2, 0.25) is 0 Å².